The highest BCUT2D eigenvalue weighted by atomic mass is 32.2. The molecule has 1 atom stereocenters. The molecule has 0 bridgehead atoms. The number of ether oxygens (including phenoxy) is 2. The lowest BCUT2D eigenvalue weighted by atomic mass is 10.2. The number of rotatable bonds is 12. The minimum absolute atomic E-state index is 0.0878. The van der Waals surface area contributed by atoms with E-state index >= 15 is 0 Å². The Labute approximate surface area is 202 Å². The van der Waals surface area contributed by atoms with Crippen molar-refractivity contribution in [1.29, 1.82) is 0 Å². The number of hydrogen-bond acceptors (Lipinski definition) is 7. The Bertz CT molecular complexity index is 1120. The Morgan fingerprint density at radius 2 is 1.85 bits per heavy atom. The van der Waals surface area contributed by atoms with Crippen LogP contribution < -0.4 is 19.7 Å². The number of likely N-dealkylation sites (N-methyl/N-ethyl adjacent to an activating group) is 1. The van der Waals surface area contributed by atoms with E-state index < -0.39 is 10.8 Å². The zero-order chi connectivity index (χ0) is 24.5. The Hall–Kier alpha value is -3.33. The van der Waals surface area contributed by atoms with Crippen molar-refractivity contribution in [3.05, 3.63) is 60.0 Å². The number of nitrogens with one attached hydrogen (secondary N) is 1. The molecule has 8 nitrogen and oxygen atoms in total. The van der Waals surface area contributed by atoms with Crippen molar-refractivity contribution < 1.29 is 22.9 Å². The number of aryl methyl sites for hydroxylation is 1. The van der Waals surface area contributed by atoms with Crippen LogP contribution in [-0.4, -0.2) is 54.7 Å². The molecule has 9 heteroatoms. The first-order chi connectivity index (χ1) is 16.4. The number of carbonyl (C=O) groups excluding carboxylic acids is 1. The van der Waals surface area contributed by atoms with Crippen LogP contribution in [0.25, 0.3) is 11.5 Å². The van der Waals surface area contributed by atoms with E-state index in [9.17, 15) is 9.00 Å². The van der Waals surface area contributed by atoms with Crippen LogP contribution in [0.5, 0.6) is 11.5 Å². The number of nitrogens with zero attached hydrogens (tertiary/aromatic N) is 2. The Balaban J connectivity index is 1.53. The van der Waals surface area contributed by atoms with Crippen molar-refractivity contribution in [3.8, 4) is 23.0 Å². The highest BCUT2D eigenvalue weighted by Crippen LogP contribution is 2.32. The van der Waals surface area contributed by atoms with Gasteiger partial charge in [0.1, 0.15) is 11.5 Å². The first-order valence-electron chi connectivity index (χ1n) is 11.1. The Morgan fingerprint density at radius 1 is 1.12 bits per heavy atom. The molecule has 0 saturated carbocycles. The number of para-hydroxylation sites is 1. The van der Waals surface area contributed by atoms with E-state index in [4.69, 9.17) is 13.9 Å². The maximum absolute atomic E-state index is 12.6. The van der Waals surface area contributed by atoms with Crippen molar-refractivity contribution in [2.45, 2.75) is 19.6 Å². The fraction of sp³-hybridized carbons (Fsp3) is 0.360. The molecule has 3 aromatic rings. The van der Waals surface area contributed by atoms with Gasteiger partial charge in [0.05, 0.1) is 25.7 Å². The third-order valence-corrected chi connectivity index (χ3v) is 6.50. The molecule has 0 aliphatic rings. The number of methoxy groups -OCH3 is 2. The summed E-state index contributed by atoms with van der Waals surface area (Å²) >= 11 is 0. The largest absolute Gasteiger partial charge is 0.493 e. The van der Waals surface area contributed by atoms with Gasteiger partial charge in [-0.1, -0.05) is 18.2 Å². The number of anilines is 1. The van der Waals surface area contributed by atoms with E-state index in [-0.39, 0.29) is 17.4 Å². The summed E-state index contributed by atoms with van der Waals surface area (Å²) < 4.78 is 29.0. The summed E-state index contributed by atoms with van der Waals surface area (Å²) in [5.74, 6) is 1.94. The zero-order valence-corrected chi connectivity index (χ0v) is 20.8. The average Bonchev–Trinajstić information content (AvgIpc) is 3.21. The van der Waals surface area contributed by atoms with E-state index in [0.29, 0.717) is 41.9 Å². The summed E-state index contributed by atoms with van der Waals surface area (Å²) in [5.41, 5.74) is 2.39. The molecule has 0 aliphatic carbocycles. The Kier molecular flexibility index (Phi) is 9.09. The van der Waals surface area contributed by atoms with E-state index in [1.807, 2.05) is 36.4 Å². The van der Waals surface area contributed by atoms with Crippen LogP contribution in [0.1, 0.15) is 18.4 Å². The summed E-state index contributed by atoms with van der Waals surface area (Å²) in [6, 6.07) is 15.4. The predicted molar refractivity (Wildman–Crippen MR) is 134 cm³/mol. The first-order valence-corrected chi connectivity index (χ1v) is 12.5. The summed E-state index contributed by atoms with van der Waals surface area (Å²) in [6.07, 6.45) is 0. The topological polar surface area (TPSA) is 93.9 Å². The molecule has 2 aromatic carbocycles. The van der Waals surface area contributed by atoms with Crippen molar-refractivity contribution in [1.82, 2.24) is 10.3 Å². The van der Waals surface area contributed by atoms with Gasteiger partial charge in [-0.15, -0.1) is 0 Å². The summed E-state index contributed by atoms with van der Waals surface area (Å²) in [5, 5.41) is 2.86. The van der Waals surface area contributed by atoms with Crippen LogP contribution in [0.2, 0.25) is 0 Å². The molecule has 0 radical (unpaired) electrons. The lowest BCUT2D eigenvalue weighted by Gasteiger charge is -2.23. The van der Waals surface area contributed by atoms with Gasteiger partial charge < -0.3 is 24.1 Å². The number of hydrogen-bond donors (Lipinski definition) is 1. The van der Waals surface area contributed by atoms with Gasteiger partial charge in [0.25, 0.3) is 0 Å². The number of carbonyl (C=O) groups is 1. The zero-order valence-electron chi connectivity index (χ0n) is 20.0. The maximum atomic E-state index is 12.6. The molecular weight excluding hydrogens is 454 g/mol. The minimum atomic E-state index is -1.41. The molecule has 0 spiro atoms. The van der Waals surface area contributed by atoms with Crippen molar-refractivity contribution in [2.75, 3.05) is 44.5 Å². The normalized spacial score (nSPS) is 11.6. The maximum Gasteiger partial charge on any atom is 0.232 e. The monoisotopic (exact) mass is 485 g/mol. The van der Waals surface area contributed by atoms with Crippen LogP contribution >= 0.6 is 0 Å². The number of aromatic nitrogens is 1. The Morgan fingerprint density at radius 3 is 2.53 bits per heavy atom. The highest BCUT2D eigenvalue weighted by Gasteiger charge is 2.17. The fourth-order valence-corrected chi connectivity index (χ4v) is 4.56. The molecule has 1 amide bonds. The lowest BCUT2D eigenvalue weighted by molar-refractivity contribution is -0.118. The van der Waals surface area contributed by atoms with Crippen LogP contribution in [-0.2, 0) is 21.3 Å². The van der Waals surface area contributed by atoms with Crippen LogP contribution in [0, 0.1) is 6.92 Å². The van der Waals surface area contributed by atoms with Crippen LogP contribution in [0.3, 0.4) is 0 Å². The number of oxazole rings is 1. The molecule has 1 N–H and O–H groups in total. The third kappa shape index (κ3) is 6.60. The summed E-state index contributed by atoms with van der Waals surface area (Å²) in [7, 11) is 1.72. The molecule has 3 rings (SSSR count). The van der Waals surface area contributed by atoms with Gasteiger partial charge in [-0.05, 0) is 44.2 Å². The standard InChI is InChI=1S/C25H31N3O5S/c1-5-28(20-9-7-6-8-10-20)14-13-26-24(29)17-34(30)16-21-18(2)33-25(27-21)19-11-12-22(31-3)23(15-19)32-4/h6-12,15H,5,13-14,16-17H2,1-4H3,(H,26,29)/t34-/m0/s1. The molecule has 0 fully saturated rings. The van der Waals surface area contributed by atoms with E-state index in [1.54, 1.807) is 33.3 Å². The van der Waals surface area contributed by atoms with Gasteiger partial charge in [-0.2, -0.15) is 0 Å². The molecule has 1 aromatic heterocycles. The van der Waals surface area contributed by atoms with Gasteiger partial charge in [0.2, 0.25) is 11.8 Å². The predicted octanol–water partition coefficient (Wildman–Crippen LogP) is 3.56. The summed E-state index contributed by atoms with van der Waals surface area (Å²) in [6.45, 7) is 5.83. The van der Waals surface area contributed by atoms with Crippen LogP contribution in [0.15, 0.2) is 52.9 Å². The smallest absolute Gasteiger partial charge is 0.232 e. The molecule has 34 heavy (non-hydrogen) atoms. The van der Waals surface area contributed by atoms with E-state index in [1.165, 1.54) is 0 Å². The highest BCUT2D eigenvalue weighted by molar-refractivity contribution is 7.84. The SMILES string of the molecule is CCN(CCNC(=O)C[S@@](=O)Cc1nc(-c2ccc(OC)c(OC)c2)oc1C)c1ccccc1. The first kappa shape index (κ1) is 25.3. The second kappa shape index (κ2) is 12.2. The van der Waals surface area contributed by atoms with Gasteiger partial charge in [0.15, 0.2) is 11.5 Å². The van der Waals surface area contributed by atoms with Crippen LogP contribution in [0.4, 0.5) is 5.69 Å². The molecular formula is C25H31N3O5S. The number of amides is 1. The third-order valence-electron chi connectivity index (χ3n) is 5.32. The quantitative estimate of drug-likeness (QED) is 0.419. The van der Waals surface area contributed by atoms with Crippen molar-refractivity contribution >= 4 is 22.4 Å². The second-order valence-electron chi connectivity index (χ2n) is 7.59. The molecule has 1 heterocycles. The minimum Gasteiger partial charge on any atom is -0.493 e. The van der Waals surface area contributed by atoms with Crippen molar-refractivity contribution in [3.63, 3.8) is 0 Å². The van der Waals surface area contributed by atoms with Gasteiger partial charge in [-0.25, -0.2) is 4.98 Å². The van der Waals surface area contributed by atoms with Gasteiger partial charge >= 0.3 is 0 Å². The molecule has 182 valence electrons. The van der Waals surface area contributed by atoms with Crippen molar-refractivity contribution in [2.24, 2.45) is 0 Å². The summed E-state index contributed by atoms with van der Waals surface area (Å²) in [4.78, 5) is 19.0. The molecule has 0 saturated heterocycles. The fourth-order valence-electron chi connectivity index (χ4n) is 3.49. The second-order valence-corrected chi connectivity index (χ2v) is 9.04. The molecule has 0 unspecified atom stereocenters. The van der Waals surface area contributed by atoms with Gasteiger partial charge in [0, 0.05) is 41.7 Å². The average molecular weight is 486 g/mol. The van der Waals surface area contributed by atoms with Gasteiger partial charge in [-0.3, -0.25) is 9.00 Å². The number of benzene rings is 2. The lowest BCUT2D eigenvalue weighted by Crippen LogP contribution is -2.36. The molecule has 0 aliphatic heterocycles. The van der Waals surface area contributed by atoms with E-state index in [0.717, 1.165) is 17.8 Å². The van der Waals surface area contributed by atoms with E-state index in [2.05, 4.69) is 22.1 Å².